The average Bonchev–Trinajstić information content (AvgIpc) is 3.12. The lowest BCUT2D eigenvalue weighted by molar-refractivity contribution is -0.121. The van der Waals surface area contributed by atoms with E-state index in [0.717, 1.165) is 4.31 Å². The highest BCUT2D eigenvalue weighted by Gasteiger charge is 2.22. The van der Waals surface area contributed by atoms with Gasteiger partial charge in [0.1, 0.15) is 0 Å². The van der Waals surface area contributed by atoms with Crippen LogP contribution in [0.2, 0.25) is 0 Å². The van der Waals surface area contributed by atoms with Crippen LogP contribution in [-0.4, -0.2) is 54.5 Å². The zero-order chi connectivity index (χ0) is 19.9. The van der Waals surface area contributed by atoms with Gasteiger partial charge in [-0.3, -0.25) is 14.3 Å². The molecule has 146 valence electrons. The smallest absolute Gasteiger partial charge is 0.243 e. The fourth-order valence-electron chi connectivity index (χ4n) is 2.34. The number of aromatic nitrogens is 2. The molecule has 0 fully saturated rings. The van der Waals surface area contributed by atoms with E-state index in [0.29, 0.717) is 25.2 Å². The van der Waals surface area contributed by atoms with Crippen LogP contribution in [0, 0.1) is 0 Å². The second-order valence-corrected chi connectivity index (χ2v) is 7.98. The zero-order valence-corrected chi connectivity index (χ0v) is 16.1. The van der Waals surface area contributed by atoms with Crippen LogP contribution >= 0.6 is 0 Å². The lowest BCUT2D eigenvalue weighted by Crippen LogP contribution is -2.38. The summed E-state index contributed by atoms with van der Waals surface area (Å²) in [4.78, 5) is 23.0. The minimum atomic E-state index is -3.80. The average molecular weight is 393 g/mol. The number of carbonyl (C=O) groups excluding carboxylic acids is 2. The van der Waals surface area contributed by atoms with Crippen molar-refractivity contribution in [3.05, 3.63) is 42.7 Å². The van der Waals surface area contributed by atoms with Gasteiger partial charge in [-0.25, -0.2) is 8.42 Å². The van der Waals surface area contributed by atoms with E-state index in [1.807, 2.05) is 12.3 Å². The highest BCUT2D eigenvalue weighted by molar-refractivity contribution is 7.89. The van der Waals surface area contributed by atoms with Crippen LogP contribution in [0.5, 0.6) is 0 Å². The highest BCUT2D eigenvalue weighted by Crippen LogP contribution is 2.17. The maximum absolute atomic E-state index is 12.5. The number of aryl methyl sites for hydroxylation is 1. The van der Waals surface area contributed by atoms with Crippen molar-refractivity contribution in [2.45, 2.75) is 24.8 Å². The Labute approximate surface area is 158 Å². The summed E-state index contributed by atoms with van der Waals surface area (Å²) in [6.45, 7) is 2.18. The van der Waals surface area contributed by atoms with Crippen molar-refractivity contribution in [1.29, 1.82) is 0 Å². The SMILES string of the molecule is CC(=O)Nc1ccc(S(=O)(=O)N(C)CC(=O)NCCCn2cccn2)cc1. The van der Waals surface area contributed by atoms with Crippen molar-refractivity contribution in [3.8, 4) is 0 Å². The molecule has 1 heterocycles. The van der Waals surface area contributed by atoms with Gasteiger partial charge in [-0.1, -0.05) is 0 Å². The summed E-state index contributed by atoms with van der Waals surface area (Å²) in [6, 6.07) is 7.59. The van der Waals surface area contributed by atoms with Gasteiger partial charge in [0.05, 0.1) is 11.4 Å². The third-order valence-corrected chi connectivity index (χ3v) is 5.51. The molecule has 0 bridgehead atoms. The monoisotopic (exact) mass is 393 g/mol. The van der Waals surface area contributed by atoms with Gasteiger partial charge in [0, 0.05) is 45.1 Å². The summed E-state index contributed by atoms with van der Waals surface area (Å²) in [6.07, 6.45) is 4.20. The van der Waals surface area contributed by atoms with Crippen LogP contribution in [0.3, 0.4) is 0 Å². The fraction of sp³-hybridized carbons (Fsp3) is 0.353. The largest absolute Gasteiger partial charge is 0.355 e. The van der Waals surface area contributed by atoms with Gasteiger partial charge in [0.2, 0.25) is 21.8 Å². The van der Waals surface area contributed by atoms with E-state index in [9.17, 15) is 18.0 Å². The zero-order valence-electron chi connectivity index (χ0n) is 15.3. The first-order valence-electron chi connectivity index (χ1n) is 8.37. The Morgan fingerprint density at radius 1 is 1.22 bits per heavy atom. The molecule has 0 aliphatic heterocycles. The molecule has 10 heteroatoms. The van der Waals surface area contributed by atoms with Gasteiger partial charge >= 0.3 is 0 Å². The molecular formula is C17H23N5O4S. The minimum absolute atomic E-state index is 0.0468. The maximum atomic E-state index is 12.5. The number of nitrogens with zero attached hydrogens (tertiary/aromatic N) is 3. The lowest BCUT2D eigenvalue weighted by Gasteiger charge is -2.17. The molecule has 2 N–H and O–H groups in total. The first-order valence-corrected chi connectivity index (χ1v) is 9.81. The predicted octanol–water partition coefficient (Wildman–Crippen LogP) is 0.669. The van der Waals surface area contributed by atoms with Crippen LogP contribution in [0.25, 0.3) is 0 Å². The van der Waals surface area contributed by atoms with E-state index in [1.165, 1.54) is 38.2 Å². The van der Waals surface area contributed by atoms with Crippen molar-refractivity contribution in [2.75, 3.05) is 25.5 Å². The van der Waals surface area contributed by atoms with E-state index in [-0.39, 0.29) is 23.3 Å². The summed E-state index contributed by atoms with van der Waals surface area (Å²) < 4.78 is 27.8. The van der Waals surface area contributed by atoms with Gasteiger partial charge in [0.15, 0.2) is 0 Å². The fourth-order valence-corrected chi connectivity index (χ4v) is 3.47. The van der Waals surface area contributed by atoms with Gasteiger partial charge in [-0.05, 0) is 36.8 Å². The van der Waals surface area contributed by atoms with Crippen molar-refractivity contribution in [3.63, 3.8) is 0 Å². The molecule has 2 amide bonds. The van der Waals surface area contributed by atoms with E-state index in [2.05, 4.69) is 15.7 Å². The van der Waals surface area contributed by atoms with Crippen LogP contribution in [-0.2, 0) is 26.2 Å². The molecule has 0 saturated carbocycles. The lowest BCUT2D eigenvalue weighted by atomic mass is 10.3. The summed E-state index contributed by atoms with van der Waals surface area (Å²) in [5, 5.41) is 9.32. The molecule has 0 spiro atoms. The van der Waals surface area contributed by atoms with Crippen molar-refractivity contribution >= 4 is 27.5 Å². The quantitative estimate of drug-likeness (QED) is 0.608. The van der Waals surface area contributed by atoms with Gasteiger partial charge in [-0.2, -0.15) is 9.40 Å². The van der Waals surface area contributed by atoms with Gasteiger partial charge in [-0.15, -0.1) is 0 Å². The Morgan fingerprint density at radius 2 is 1.93 bits per heavy atom. The summed E-state index contributed by atoms with van der Waals surface area (Å²) in [5.41, 5.74) is 0.499. The minimum Gasteiger partial charge on any atom is -0.355 e. The molecule has 2 aromatic rings. The summed E-state index contributed by atoms with van der Waals surface area (Å²) >= 11 is 0. The number of amides is 2. The molecule has 1 aromatic carbocycles. The van der Waals surface area contributed by atoms with E-state index in [4.69, 9.17) is 0 Å². The molecule has 0 aliphatic carbocycles. The number of likely N-dealkylation sites (N-methyl/N-ethyl adjacent to an activating group) is 1. The van der Waals surface area contributed by atoms with Crippen LogP contribution in [0.15, 0.2) is 47.6 Å². The molecule has 0 saturated heterocycles. The number of hydrogen-bond donors (Lipinski definition) is 2. The van der Waals surface area contributed by atoms with Crippen molar-refractivity contribution in [1.82, 2.24) is 19.4 Å². The van der Waals surface area contributed by atoms with E-state index < -0.39 is 10.0 Å². The van der Waals surface area contributed by atoms with E-state index in [1.54, 1.807) is 10.9 Å². The van der Waals surface area contributed by atoms with Crippen LogP contribution < -0.4 is 10.6 Å². The van der Waals surface area contributed by atoms with Crippen molar-refractivity contribution < 1.29 is 18.0 Å². The standard InChI is InChI=1S/C17H23N5O4S/c1-14(23)20-15-5-7-16(8-6-15)27(25,26)21(2)13-17(24)18-9-3-11-22-12-4-10-19-22/h4-8,10,12H,3,9,11,13H2,1-2H3,(H,18,24)(H,20,23). The van der Waals surface area contributed by atoms with Crippen LogP contribution in [0.4, 0.5) is 5.69 Å². The Hall–Kier alpha value is -2.72. The normalized spacial score (nSPS) is 11.4. The number of benzene rings is 1. The molecule has 0 atom stereocenters. The van der Waals surface area contributed by atoms with Crippen molar-refractivity contribution in [2.24, 2.45) is 0 Å². The summed E-state index contributed by atoms with van der Waals surface area (Å²) in [5.74, 6) is -0.622. The molecule has 27 heavy (non-hydrogen) atoms. The highest BCUT2D eigenvalue weighted by atomic mass is 32.2. The first kappa shape index (κ1) is 20.6. The number of rotatable bonds is 9. The maximum Gasteiger partial charge on any atom is 0.243 e. The third kappa shape index (κ3) is 6.19. The summed E-state index contributed by atoms with van der Waals surface area (Å²) in [7, 11) is -2.45. The predicted molar refractivity (Wildman–Crippen MR) is 100 cm³/mol. The molecule has 0 radical (unpaired) electrons. The molecular weight excluding hydrogens is 370 g/mol. The van der Waals surface area contributed by atoms with Crippen LogP contribution in [0.1, 0.15) is 13.3 Å². The second-order valence-electron chi connectivity index (χ2n) is 5.94. The third-order valence-electron chi connectivity index (χ3n) is 3.69. The number of hydrogen-bond acceptors (Lipinski definition) is 5. The van der Waals surface area contributed by atoms with E-state index >= 15 is 0 Å². The molecule has 0 unspecified atom stereocenters. The Balaban J connectivity index is 1.84. The topological polar surface area (TPSA) is 113 Å². The Bertz CT molecular complexity index is 863. The number of nitrogens with one attached hydrogen (secondary N) is 2. The number of carbonyl (C=O) groups is 2. The Kier molecular flexibility index (Phi) is 7.08. The first-order chi connectivity index (χ1) is 12.8. The van der Waals surface area contributed by atoms with Gasteiger partial charge in [0.25, 0.3) is 0 Å². The molecule has 0 aliphatic rings. The second kappa shape index (κ2) is 9.28. The Morgan fingerprint density at radius 3 is 2.52 bits per heavy atom. The molecule has 9 nitrogen and oxygen atoms in total. The number of sulfonamides is 1. The molecule has 1 aromatic heterocycles. The van der Waals surface area contributed by atoms with Gasteiger partial charge < -0.3 is 10.6 Å². The number of anilines is 1. The molecule has 2 rings (SSSR count).